The maximum absolute atomic E-state index is 15.0. The smallest absolute Gasteiger partial charge is 0.315 e. The molecule has 12 N–H and O–H groups in total. The van der Waals surface area contributed by atoms with Gasteiger partial charge >= 0.3 is 5.97 Å². The van der Waals surface area contributed by atoms with E-state index in [2.05, 4.69) is 47.3 Å². The highest BCUT2D eigenvalue weighted by molar-refractivity contribution is 5.79. The maximum Gasteiger partial charge on any atom is 0.315 e. The van der Waals surface area contributed by atoms with Gasteiger partial charge in [0.1, 0.15) is 85.5 Å². The van der Waals surface area contributed by atoms with Gasteiger partial charge in [-0.2, -0.15) is 0 Å². The van der Waals surface area contributed by atoms with Gasteiger partial charge in [-0.05, 0) is 105 Å². The first-order valence-electron chi connectivity index (χ1n) is 26.4. The Bertz CT molecular complexity index is 2040. The fraction of sp³-hybridized carbons (Fsp3) is 0.904. The van der Waals surface area contributed by atoms with E-state index in [4.69, 9.17) is 37.9 Å². The topological polar surface area (TPSA) is 334 Å². The van der Waals surface area contributed by atoms with Crippen LogP contribution in [0.1, 0.15) is 106 Å². The van der Waals surface area contributed by atoms with Crippen molar-refractivity contribution in [3.8, 4) is 0 Å². The Kier molecular flexibility index (Phi) is 15.7. The van der Waals surface area contributed by atoms with Gasteiger partial charge in [0, 0.05) is 5.92 Å². The third-order valence-corrected chi connectivity index (χ3v) is 20.4. The van der Waals surface area contributed by atoms with Crippen LogP contribution in [0.5, 0.6) is 0 Å². The molecule has 0 amide bonds. The van der Waals surface area contributed by atoms with Crippen LogP contribution < -0.4 is 0 Å². The van der Waals surface area contributed by atoms with E-state index in [1.165, 1.54) is 12.5 Å². The van der Waals surface area contributed by atoms with Crippen LogP contribution in [-0.4, -0.2) is 210 Å². The highest BCUT2D eigenvalue weighted by atomic mass is 16.8. The van der Waals surface area contributed by atoms with Crippen LogP contribution in [0.25, 0.3) is 0 Å². The van der Waals surface area contributed by atoms with Gasteiger partial charge in [-0.1, -0.05) is 58.4 Å². The Morgan fingerprint density at radius 2 is 1.25 bits per heavy atom. The van der Waals surface area contributed by atoms with Gasteiger partial charge in [0.25, 0.3) is 0 Å². The zero-order valence-corrected chi connectivity index (χ0v) is 42.8. The summed E-state index contributed by atoms with van der Waals surface area (Å²) in [6, 6.07) is 0. The number of carbonyl (C=O) groups excluding carboxylic acids is 1. The molecule has 9 rings (SSSR count). The molecule has 4 heterocycles. The molecule has 8 fully saturated rings. The molecule has 21 nitrogen and oxygen atoms in total. The minimum atomic E-state index is -1.87. The van der Waals surface area contributed by atoms with Crippen LogP contribution >= 0.6 is 0 Å². The molecule has 0 radical (unpaired) electrons. The summed E-state index contributed by atoms with van der Waals surface area (Å²) < 4.78 is 47.0. The number of hydrogen-bond donors (Lipinski definition) is 12. The van der Waals surface area contributed by atoms with Crippen molar-refractivity contribution < 1.29 is 104 Å². The third-order valence-electron chi connectivity index (χ3n) is 20.4. The summed E-state index contributed by atoms with van der Waals surface area (Å²) in [5.74, 6) is -0.326. The number of ether oxygens (including phenoxy) is 8. The summed E-state index contributed by atoms with van der Waals surface area (Å²) in [5.41, 5.74) is 0.342. The van der Waals surface area contributed by atoms with Crippen molar-refractivity contribution in [1.82, 2.24) is 0 Å². The van der Waals surface area contributed by atoms with Crippen molar-refractivity contribution in [1.29, 1.82) is 0 Å². The number of allylic oxidation sites excluding steroid dienone is 3. The Hall–Kier alpha value is -1.81. The molecular formula is C52H82O21. The Morgan fingerprint density at radius 3 is 1.93 bits per heavy atom. The van der Waals surface area contributed by atoms with Crippen LogP contribution in [0.3, 0.4) is 0 Å². The quantitative estimate of drug-likeness (QED) is 0.0887. The second-order valence-corrected chi connectivity index (χ2v) is 24.4. The van der Waals surface area contributed by atoms with E-state index < -0.39 is 148 Å². The van der Waals surface area contributed by atoms with Crippen molar-refractivity contribution in [2.24, 2.45) is 44.8 Å². The lowest BCUT2D eigenvalue weighted by molar-refractivity contribution is -0.361. The van der Waals surface area contributed by atoms with Gasteiger partial charge in [-0.3, -0.25) is 4.79 Å². The molecule has 0 aromatic heterocycles. The highest BCUT2D eigenvalue weighted by Crippen LogP contribution is 2.75. The summed E-state index contributed by atoms with van der Waals surface area (Å²) in [4.78, 5) is 15.0. The van der Waals surface area contributed by atoms with Crippen molar-refractivity contribution in [2.75, 3.05) is 19.8 Å². The molecule has 73 heavy (non-hydrogen) atoms. The van der Waals surface area contributed by atoms with E-state index in [9.17, 15) is 66.1 Å². The van der Waals surface area contributed by atoms with Crippen molar-refractivity contribution in [3.63, 3.8) is 0 Å². The van der Waals surface area contributed by atoms with Crippen LogP contribution in [-0.2, 0) is 42.7 Å². The number of aliphatic hydroxyl groups excluding tert-OH is 12. The second kappa shape index (κ2) is 20.4. The Balaban J connectivity index is 0.881. The van der Waals surface area contributed by atoms with Crippen LogP contribution in [0.2, 0.25) is 0 Å². The molecule has 416 valence electrons. The van der Waals surface area contributed by atoms with Crippen molar-refractivity contribution >= 4 is 5.97 Å². The average molecular weight is 1040 g/mol. The number of hydrogen-bond acceptors (Lipinski definition) is 21. The molecule has 0 spiro atoms. The summed E-state index contributed by atoms with van der Waals surface area (Å²) in [5, 5.41) is 128. The molecule has 0 bridgehead atoms. The molecule has 21 heteroatoms. The lowest BCUT2D eigenvalue weighted by Gasteiger charge is -2.71. The second-order valence-electron chi connectivity index (χ2n) is 24.4. The summed E-state index contributed by atoms with van der Waals surface area (Å²) >= 11 is 0. The Morgan fingerprint density at radius 1 is 0.644 bits per heavy atom. The van der Waals surface area contributed by atoms with Gasteiger partial charge in [0.2, 0.25) is 6.29 Å². The third kappa shape index (κ3) is 9.02. The largest absolute Gasteiger partial charge is 0.432 e. The van der Waals surface area contributed by atoms with E-state index in [1.54, 1.807) is 0 Å². The zero-order valence-electron chi connectivity index (χ0n) is 42.8. The predicted molar refractivity (Wildman–Crippen MR) is 251 cm³/mol. The molecule has 9 aliphatic rings. The van der Waals surface area contributed by atoms with Crippen LogP contribution in [0, 0.1) is 44.8 Å². The zero-order chi connectivity index (χ0) is 53.1. The fourth-order valence-corrected chi connectivity index (χ4v) is 15.7. The van der Waals surface area contributed by atoms with Crippen molar-refractivity contribution in [3.05, 3.63) is 23.8 Å². The molecule has 0 aromatic carbocycles. The molecular weight excluding hydrogens is 961 g/mol. The van der Waals surface area contributed by atoms with Crippen LogP contribution in [0.4, 0.5) is 0 Å². The van der Waals surface area contributed by atoms with E-state index in [0.29, 0.717) is 38.0 Å². The number of esters is 1. The molecule has 27 atom stereocenters. The molecule has 27 unspecified atom stereocenters. The lowest BCUT2D eigenvalue weighted by atomic mass is 9.34. The van der Waals surface area contributed by atoms with Crippen molar-refractivity contribution in [2.45, 2.75) is 229 Å². The Labute approximate surface area is 426 Å². The van der Waals surface area contributed by atoms with E-state index >= 15 is 0 Å². The monoisotopic (exact) mass is 1040 g/mol. The lowest BCUT2D eigenvalue weighted by Crippen LogP contribution is -2.65. The minimum Gasteiger partial charge on any atom is -0.432 e. The predicted octanol–water partition coefficient (Wildman–Crippen LogP) is -0.839. The SMILES string of the molecule is C=C1CCC2(C(=O)OC3OC(COC4OC(CO)C(OC5OC(C)C(O)C(O)C5O)C(O)C4O)C(O)C(O)C3O)CCC3(C)C(=CCC4C5(C)CCC(OC6OC(CO)C(O)C6O)C(C)(C)C5CCC43C)C2C1. The van der Waals surface area contributed by atoms with Gasteiger partial charge in [-0.25, -0.2) is 0 Å². The fourth-order valence-electron chi connectivity index (χ4n) is 15.7. The molecule has 4 saturated heterocycles. The average Bonchev–Trinajstić information content (AvgIpc) is 3.62. The molecule has 4 saturated carbocycles. The molecule has 0 aromatic rings. The van der Waals surface area contributed by atoms with Gasteiger partial charge in [0.15, 0.2) is 18.9 Å². The first-order chi connectivity index (χ1) is 34.3. The number of aliphatic hydroxyl groups is 12. The van der Waals surface area contributed by atoms with Gasteiger partial charge < -0.3 is 99.2 Å². The maximum atomic E-state index is 15.0. The number of carbonyl (C=O) groups is 1. The van der Waals surface area contributed by atoms with E-state index in [1.807, 2.05) is 0 Å². The highest BCUT2D eigenvalue weighted by Gasteiger charge is 2.70. The molecule has 5 aliphatic carbocycles. The van der Waals surface area contributed by atoms with Gasteiger partial charge in [0.05, 0.1) is 37.4 Å². The first-order valence-corrected chi connectivity index (χ1v) is 26.4. The number of rotatable bonds is 11. The summed E-state index contributed by atoms with van der Waals surface area (Å²) in [6.07, 6.45) is -19.8. The first kappa shape index (κ1) is 55.9. The normalized spacial score (nSPS) is 53.8. The van der Waals surface area contributed by atoms with E-state index in [-0.39, 0.29) is 39.6 Å². The van der Waals surface area contributed by atoms with Gasteiger partial charge in [-0.15, -0.1) is 0 Å². The minimum absolute atomic E-state index is 0.0868. The number of fused-ring (bicyclic) bond motifs is 7. The summed E-state index contributed by atoms with van der Waals surface area (Å²) in [7, 11) is 0. The van der Waals surface area contributed by atoms with Crippen LogP contribution in [0.15, 0.2) is 23.8 Å². The molecule has 4 aliphatic heterocycles. The summed E-state index contributed by atoms with van der Waals surface area (Å²) in [6.45, 7) is 15.7. The van der Waals surface area contributed by atoms with E-state index in [0.717, 1.165) is 37.7 Å². The standard InChI is InChI=1S/C52H82O21/c1-22-10-15-52(47(65)73-46-40(63)36(59)34(57)28(70-46)21-66-43-41(64)37(60)42(27(20-54)69-43)72-44-39(62)35(58)32(55)23(2)67-44)17-16-50(6)24(25(52)18-22)8-9-30-49(5)13-12-31(48(3,4)29(49)11-14-51(30,50)7)71-45-38(61)33(56)26(19-53)68-45/h8,23,25-46,53-64H,1,9-21H2,2-7H3.